The van der Waals surface area contributed by atoms with Crippen LogP contribution in [0.15, 0.2) is 48.5 Å². The Hall–Kier alpha value is -2.53. The maximum absolute atomic E-state index is 12.1. The predicted molar refractivity (Wildman–Crippen MR) is 105 cm³/mol. The second-order valence-corrected chi connectivity index (χ2v) is 6.58. The first kappa shape index (κ1) is 19.8. The van der Waals surface area contributed by atoms with Crippen LogP contribution in [0.5, 0.6) is 5.75 Å². The van der Waals surface area contributed by atoms with Crippen molar-refractivity contribution in [2.75, 3.05) is 16.8 Å². The fourth-order valence-electron chi connectivity index (χ4n) is 2.45. The molecule has 5 nitrogen and oxygen atoms in total. The zero-order chi connectivity index (χ0) is 19.1. The molecule has 0 saturated carbocycles. The first-order valence-electron chi connectivity index (χ1n) is 8.45. The first-order valence-corrected chi connectivity index (χ1v) is 8.83. The van der Waals surface area contributed by atoms with Crippen molar-refractivity contribution in [3.05, 3.63) is 53.6 Å². The molecule has 0 spiro atoms. The highest BCUT2D eigenvalue weighted by Crippen LogP contribution is 2.21. The third-order valence-corrected chi connectivity index (χ3v) is 3.81. The molecule has 0 unspecified atom stereocenters. The maximum Gasteiger partial charge on any atom is 0.226 e. The summed E-state index contributed by atoms with van der Waals surface area (Å²) in [6.07, 6.45) is 0.260. The molecule has 0 aromatic heterocycles. The number of carbonyl (C=O) groups is 2. The zero-order valence-electron chi connectivity index (χ0n) is 15.2. The molecule has 0 bridgehead atoms. The maximum atomic E-state index is 12.1. The molecule has 1 N–H and O–H groups in total. The molecule has 2 rings (SSSR count). The van der Waals surface area contributed by atoms with Crippen molar-refractivity contribution in [2.45, 2.75) is 33.3 Å². The highest BCUT2D eigenvalue weighted by molar-refractivity contribution is 6.30. The van der Waals surface area contributed by atoms with Gasteiger partial charge in [-0.2, -0.15) is 0 Å². The number of halogens is 1. The number of amides is 2. The summed E-state index contributed by atoms with van der Waals surface area (Å²) in [5, 5.41) is 3.33. The summed E-state index contributed by atoms with van der Waals surface area (Å²) < 4.78 is 5.61. The van der Waals surface area contributed by atoms with E-state index in [4.69, 9.17) is 16.3 Å². The van der Waals surface area contributed by atoms with E-state index in [2.05, 4.69) is 5.32 Å². The van der Waals surface area contributed by atoms with E-state index in [-0.39, 0.29) is 30.9 Å². The van der Waals surface area contributed by atoms with Gasteiger partial charge in [-0.05, 0) is 56.3 Å². The van der Waals surface area contributed by atoms with Crippen LogP contribution in [0.3, 0.4) is 0 Å². The van der Waals surface area contributed by atoms with Gasteiger partial charge in [0.2, 0.25) is 11.8 Å². The number of hydrogen-bond acceptors (Lipinski definition) is 3. The Bertz CT molecular complexity index is 760. The van der Waals surface area contributed by atoms with E-state index in [0.29, 0.717) is 10.7 Å². The first-order chi connectivity index (χ1) is 12.3. The van der Waals surface area contributed by atoms with Gasteiger partial charge in [-0.15, -0.1) is 0 Å². The molecule has 2 aromatic carbocycles. The minimum atomic E-state index is -0.182. The number of nitrogens with one attached hydrogen (secondary N) is 1. The lowest BCUT2D eigenvalue weighted by molar-refractivity contribution is -0.117. The minimum absolute atomic E-state index is 0.0833. The van der Waals surface area contributed by atoms with Gasteiger partial charge in [0.1, 0.15) is 5.75 Å². The molecule has 0 heterocycles. The molecule has 6 heteroatoms. The molecular weight excluding hydrogens is 352 g/mol. The summed E-state index contributed by atoms with van der Waals surface area (Å²) in [7, 11) is 0. The Morgan fingerprint density at radius 2 is 1.85 bits per heavy atom. The van der Waals surface area contributed by atoms with Crippen LogP contribution in [-0.2, 0) is 9.59 Å². The minimum Gasteiger partial charge on any atom is -0.491 e. The molecule has 0 aliphatic heterocycles. The zero-order valence-corrected chi connectivity index (χ0v) is 15.9. The van der Waals surface area contributed by atoms with Crippen LogP contribution in [-0.4, -0.2) is 24.5 Å². The van der Waals surface area contributed by atoms with E-state index >= 15 is 0 Å². The Balaban J connectivity index is 1.97. The van der Waals surface area contributed by atoms with Crippen molar-refractivity contribution in [3.8, 4) is 5.75 Å². The SMILES string of the molecule is CC(=O)N(CCC(=O)Nc1cccc(Cl)c1)c1ccc(OC(C)C)cc1. The van der Waals surface area contributed by atoms with Crippen molar-refractivity contribution in [1.82, 2.24) is 0 Å². The van der Waals surface area contributed by atoms with Crippen LogP contribution >= 0.6 is 11.6 Å². The quantitative estimate of drug-likeness (QED) is 0.775. The third kappa shape index (κ3) is 6.08. The molecule has 0 saturated heterocycles. The summed E-state index contributed by atoms with van der Waals surface area (Å²) in [6, 6.07) is 14.2. The van der Waals surface area contributed by atoms with Gasteiger partial charge in [0.05, 0.1) is 6.10 Å². The Morgan fingerprint density at radius 3 is 2.42 bits per heavy atom. The highest BCUT2D eigenvalue weighted by Gasteiger charge is 2.14. The number of ether oxygens (including phenoxy) is 1. The van der Waals surface area contributed by atoms with E-state index in [1.54, 1.807) is 29.2 Å². The summed E-state index contributed by atoms with van der Waals surface area (Å²) in [6.45, 7) is 5.67. The number of anilines is 2. The Morgan fingerprint density at radius 1 is 1.15 bits per heavy atom. The summed E-state index contributed by atoms with van der Waals surface area (Å²) >= 11 is 5.91. The molecule has 0 aliphatic rings. The summed E-state index contributed by atoms with van der Waals surface area (Å²) in [5.41, 5.74) is 1.36. The number of rotatable bonds is 7. The molecule has 0 radical (unpaired) electrons. The van der Waals surface area contributed by atoms with Gasteiger partial charge in [0, 0.05) is 36.3 Å². The van der Waals surface area contributed by atoms with Crippen LogP contribution in [0.1, 0.15) is 27.2 Å². The molecule has 26 heavy (non-hydrogen) atoms. The highest BCUT2D eigenvalue weighted by atomic mass is 35.5. The standard InChI is InChI=1S/C20H23ClN2O3/c1-14(2)26-19-9-7-18(8-10-19)23(15(3)24)12-11-20(25)22-17-6-4-5-16(21)13-17/h4-10,13-14H,11-12H2,1-3H3,(H,22,25). The lowest BCUT2D eigenvalue weighted by atomic mass is 10.2. The largest absolute Gasteiger partial charge is 0.491 e. The number of benzene rings is 2. The molecular formula is C20H23ClN2O3. The van der Waals surface area contributed by atoms with Crippen LogP contribution in [0.25, 0.3) is 0 Å². The lowest BCUT2D eigenvalue weighted by Crippen LogP contribution is -2.31. The predicted octanol–water partition coefficient (Wildman–Crippen LogP) is 4.51. The van der Waals surface area contributed by atoms with Gasteiger partial charge in [0.15, 0.2) is 0 Å². The van der Waals surface area contributed by atoms with E-state index in [0.717, 1.165) is 11.4 Å². The Labute approximate surface area is 158 Å². The van der Waals surface area contributed by atoms with E-state index in [1.807, 2.05) is 38.1 Å². The fourth-order valence-corrected chi connectivity index (χ4v) is 2.64. The van der Waals surface area contributed by atoms with E-state index < -0.39 is 0 Å². The van der Waals surface area contributed by atoms with E-state index in [9.17, 15) is 9.59 Å². The number of carbonyl (C=O) groups excluding carboxylic acids is 2. The Kier molecular flexibility index (Phi) is 7.04. The molecule has 138 valence electrons. The summed E-state index contributed by atoms with van der Waals surface area (Å²) in [5.74, 6) is 0.433. The van der Waals surface area contributed by atoms with Gasteiger partial charge in [-0.1, -0.05) is 17.7 Å². The van der Waals surface area contributed by atoms with E-state index in [1.165, 1.54) is 6.92 Å². The lowest BCUT2D eigenvalue weighted by Gasteiger charge is -2.21. The third-order valence-electron chi connectivity index (χ3n) is 3.57. The van der Waals surface area contributed by atoms with Crippen molar-refractivity contribution in [2.24, 2.45) is 0 Å². The van der Waals surface area contributed by atoms with Gasteiger partial charge >= 0.3 is 0 Å². The van der Waals surface area contributed by atoms with Gasteiger partial charge in [0.25, 0.3) is 0 Å². The van der Waals surface area contributed by atoms with Gasteiger partial charge in [-0.25, -0.2) is 0 Å². The van der Waals surface area contributed by atoms with Crippen molar-refractivity contribution in [3.63, 3.8) is 0 Å². The smallest absolute Gasteiger partial charge is 0.226 e. The molecule has 0 fully saturated rings. The van der Waals surface area contributed by atoms with Gasteiger partial charge in [-0.3, -0.25) is 9.59 Å². The molecule has 2 aromatic rings. The molecule has 2 amide bonds. The average molecular weight is 375 g/mol. The summed E-state index contributed by atoms with van der Waals surface area (Å²) in [4.78, 5) is 25.7. The second kappa shape index (κ2) is 9.25. The topological polar surface area (TPSA) is 58.6 Å². The molecule has 0 atom stereocenters. The number of hydrogen-bond donors (Lipinski definition) is 1. The normalized spacial score (nSPS) is 10.5. The molecule has 0 aliphatic carbocycles. The van der Waals surface area contributed by atoms with Crippen LogP contribution in [0, 0.1) is 0 Å². The van der Waals surface area contributed by atoms with Crippen molar-refractivity contribution in [1.29, 1.82) is 0 Å². The number of nitrogens with zero attached hydrogens (tertiary/aromatic N) is 1. The van der Waals surface area contributed by atoms with Crippen molar-refractivity contribution < 1.29 is 14.3 Å². The van der Waals surface area contributed by atoms with Gasteiger partial charge < -0.3 is 15.0 Å². The average Bonchev–Trinajstić information content (AvgIpc) is 2.55. The van der Waals surface area contributed by atoms with Crippen LogP contribution in [0.2, 0.25) is 5.02 Å². The van der Waals surface area contributed by atoms with Crippen LogP contribution < -0.4 is 15.0 Å². The van der Waals surface area contributed by atoms with Crippen LogP contribution in [0.4, 0.5) is 11.4 Å². The monoisotopic (exact) mass is 374 g/mol. The second-order valence-electron chi connectivity index (χ2n) is 6.14. The fraction of sp³-hybridized carbons (Fsp3) is 0.300. The van der Waals surface area contributed by atoms with Crippen molar-refractivity contribution >= 4 is 34.8 Å².